The maximum atomic E-state index is 11.9. The number of carbonyl (C=O) groups excluding carboxylic acids is 1. The highest BCUT2D eigenvalue weighted by atomic mass is 16.5. The molecule has 0 spiro atoms. The van der Waals surface area contributed by atoms with Crippen LogP contribution in [-0.4, -0.2) is 38.6 Å². The van der Waals surface area contributed by atoms with Gasteiger partial charge < -0.3 is 10.5 Å². The molecule has 0 radical (unpaired) electrons. The highest BCUT2D eigenvalue weighted by Crippen LogP contribution is 2.33. The summed E-state index contributed by atoms with van der Waals surface area (Å²) in [5.41, 5.74) is 10.1. The van der Waals surface area contributed by atoms with E-state index in [1.807, 2.05) is 48.5 Å². The molecule has 8 nitrogen and oxygen atoms in total. The SMILES string of the molecule is COc1nccc(-c2ccc(-c3ccccc3-c3nn[nH]n3)cc2)c1C(N)=O. The van der Waals surface area contributed by atoms with Crippen LogP contribution in [-0.2, 0) is 0 Å². The van der Waals surface area contributed by atoms with Crippen molar-refractivity contribution in [1.29, 1.82) is 0 Å². The lowest BCUT2D eigenvalue weighted by Gasteiger charge is -2.12. The number of hydrogen-bond acceptors (Lipinski definition) is 6. The molecular formula is C20H16N6O2. The lowest BCUT2D eigenvalue weighted by Crippen LogP contribution is -2.14. The normalized spacial score (nSPS) is 10.6. The first kappa shape index (κ1) is 17.3. The number of nitrogens with two attached hydrogens (primary N) is 1. The predicted molar refractivity (Wildman–Crippen MR) is 103 cm³/mol. The Morgan fingerprint density at radius 3 is 2.25 bits per heavy atom. The van der Waals surface area contributed by atoms with Gasteiger partial charge in [-0.15, -0.1) is 10.2 Å². The number of aromatic amines is 1. The van der Waals surface area contributed by atoms with Gasteiger partial charge in [-0.05, 0) is 28.0 Å². The number of amides is 1. The number of ether oxygens (including phenoxy) is 1. The monoisotopic (exact) mass is 372 g/mol. The fourth-order valence-electron chi connectivity index (χ4n) is 3.11. The minimum Gasteiger partial charge on any atom is -0.480 e. The maximum Gasteiger partial charge on any atom is 0.254 e. The Kier molecular flexibility index (Phi) is 4.51. The molecule has 0 saturated carbocycles. The quantitative estimate of drug-likeness (QED) is 0.556. The lowest BCUT2D eigenvalue weighted by molar-refractivity contribution is 0.0997. The van der Waals surface area contributed by atoms with Crippen molar-refractivity contribution in [2.24, 2.45) is 5.73 Å². The number of primary amides is 1. The average molecular weight is 372 g/mol. The van der Waals surface area contributed by atoms with E-state index in [0.29, 0.717) is 11.4 Å². The summed E-state index contributed by atoms with van der Waals surface area (Å²) >= 11 is 0. The van der Waals surface area contributed by atoms with E-state index in [9.17, 15) is 4.79 Å². The standard InChI is InChI=1S/C20H16N6O2/c1-28-20-17(18(21)27)15(10-11-22-20)13-8-6-12(7-9-13)14-4-2-3-5-16(14)19-23-25-26-24-19/h2-11H,1H3,(H2,21,27)(H,23,24,25,26). The minimum absolute atomic E-state index is 0.205. The first-order chi connectivity index (χ1) is 13.7. The van der Waals surface area contributed by atoms with Crippen molar-refractivity contribution in [3.05, 3.63) is 66.4 Å². The molecular weight excluding hydrogens is 356 g/mol. The second kappa shape index (κ2) is 7.28. The Labute approximate surface area is 160 Å². The van der Waals surface area contributed by atoms with Crippen molar-refractivity contribution in [2.45, 2.75) is 0 Å². The summed E-state index contributed by atoms with van der Waals surface area (Å²) in [4.78, 5) is 16.0. The third-order valence-electron chi connectivity index (χ3n) is 4.38. The van der Waals surface area contributed by atoms with Crippen molar-refractivity contribution in [3.63, 3.8) is 0 Å². The maximum absolute atomic E-state index is 11.9. The highest BCUT2D eigenvalue weighted by Gasteiger charge is 2.17. The topological polar surface area (TPSA) is 120 Å². The number of pyridine rings is 1. The number of benzene rings is 2. The van der Waals surface area contributed by atoms with E-state index in [1.165, 1.54) is 7.11 Å². The van der Waals surface area contributed by atoms with Gasteiger partial charge in [0.25, 0.3) is 5.91 Å². The molecule has 8 heteroatoms. The molecule has 2 aromatic carbocycles. The van der Waals surface area contributed by atoms with Crippen LogP contribution in [0.3, 0.4) is 0 Å². The largest absolute Gasteiger partial charge is 0.480 e. The number of nitrogens with one attached hydrogen (secondary N) is 1. The number of H-pyrrole nitrogens is 1. The number of tetrazole rings is 1. The van der Waals surface area contributed by atoms with Crippen molar-refractivity contribution in [3.8, 4) is 39.5 Å². The van der Waals surface area contributed by atoms with Crippen LogP contribution in [0, 0.1) is 0 Å². The Hall–Kier alpha value is -4.07. The molecule has 4 rings (SSSR count). The summed E-state index contributed by atoms with van der Waals surface area (Å²) < 4.78 is 5.18. The van der Waals surface area contributed by atoms with Gasteiger partial charge in [0.05, 0.1) is 7.11 Å². The van der Waals surface area contributed by atoms with Gasteiger partial charge >= 0.3 is 0 Å². The lowest BCUT2D eigenvalue weighted by atomic mass is 9.95. The van der Waals surface area contributed by atoms with E-state index >= 15 is 0 Å². The fourth-order valence-corrected chi connectivity index (χ4v) is 3.11. The molecule has 138 valence electrons. The number of methoxy groups -OCH3 is 1. The van der Waals surface area contributed by atoms with Crippen molar-refractivity contribution >= 4 is 5.91 Å². The smallest absolute Gasteiger partial charge is 0.254 e. The summed E-state index contributed by atoms with van der Waals surface area (Å²) in [6.07, 6.45) is 1.58. The van der Waals surface area contributed by atoms with E-state index in [0.717, 1.165) is 22.3 Å². The zero-order chi connectivity index (χ0) is 19.5. The summed E-state index contributed by atoms with van der Waals surface area (Å²) in [5, 5.41) is 14.2. The Bertz CT molecular complexity index is 1120. The van der Waals surface area contributed by atoms with Crippen LogP contribution in [0.25, 0.3) is 33.6 Å². The molecule has 2 aromatic heterocycles. The van der Waals surface area contributed by atoms with Gasteiger partial charge in [0, 0.05) is 17.3 Å². The van der Waals surface area contributed by atoms with Crippen LogP contribution >= 0.6 is 0 Å². The average Bonchev–Trinajstić information content (AvgIpc) is 3.28. The van der Waals surface area contributed by atoms with Crippen molar-refractivity contribution in [2.75, 3.05) is 7.11 Å². The van der Waals surface area contributed by atoms with Gasteiger partial charge in [0.2, 0.25) is 11.7 Å². The molecule has 28 heavy (non-hydrogen) atoms. The number of aromatic nitrogens is 5. The van der Waals surface area contributed by atoms with Crippen LogP contribution in [0.1, 0.15) is 10.4 Å². The molecule has 0 aliphatic heterocycles. The van der Waals surface area contributed by atoms with E-state index in [2.05, 4.69) is 25.6 Å². The summed E-state index contributed by atoms with van der Waals surface area (Å²) in [6.45, 7) is 0. The molecule has 3 N–H and O–H groups in total. The molecule has 0 fully saturated rings. The molecule has 0 atom stereocenters. The molecule has 0 bridgehead atoms. The number of nitrogens with zero attached hydrogens (tertiary/aromatic N) is 4. The van der Waals surface area contributed by atoms with Gasteiger partial charge in [-0.2, -0.15) is 5.21 Å². The first-order valence-corrected chi connectivity index (χ1v) is 8.45. The summed E-state index contributed by atoms with van der Waals surface area (Å²) in [6, 6.07) is 17.3. The first-order valence-electron chi connectivity index (χ1n) is 8.45. The predicted octanol–water partition coefficient (Wildman–Crippen LogP) is 2.70. The minimum atomic E-state index is -0.591. The van der Waals surface area contributed by atoms with E-state index in [1.54, 1.807) is 12.3 Å². The molecule has 0 unspecified atom stereocenters. The number of rotatable bonds is 5. The molecule has 1 amide bonds. The van der Waals surface area contributed by atoms with Gasteiger partial charge in [0.15, 0.2) is 0 Å². The Morgan fingerprint density at radius 1 is 0.964 bits per heavy atom. The van der Waals surface area contributed by atoms with Gasteiger partial charge in [0.1, 0.15) is 5.56 Å². The number of carbonyl (C=O) groups is 1. The molecule has 0 saturated heterocycles. The van der Waals surface area contributed by atoms with E-state index in [-0.39, 0.29) is 11.4 Å². The van der Waals surface area contributed by atoms with E-state index in [4.69, 9.17) is 10.5 Å². The zero-order valence-corrected chi connectivity index (χ0v) is 15.0. The molecule has 0 aliphatic rings. The summed E-state index contributed by atoms with van der Waals surface area (Å²) in [5.74, 6) is 0.137. The second-order valence-corrected chi connectivity index (χ2v) is 5.97. The third kappa shape index (κ3) is 3.07. The van der Waals surface area contributed by atoms with Crippen LogP contribution in [0.4, 0.5) is 0 Å². The fraction of sp³-hybridized carbons (Fsp3) is 0.0500. The third-order valence-corrected chi connectivity index (χ3v) is 4.38. The van der Waals surface area contributed by atoms with Gasteiger partial charge in [-0.3, -0.25) is 4.79 Å². The second-order valence-electron chi connectivity index (χ2n) is 5.97. The van der Waals surface area contributed by atoms with Crippen LogP contribution in [0.2, 0.25) is 0 Å². The Balaban J connectivity index is 1.78. The van der Waals surface area contributed by atoms with Gasteiger partial charge in [-0.1, -0.05) is 48.5 Å². The van der Waals surface area contributed by atoms with Gasteiger partial charge in [-0.25, -0.2) is 4.98 Å². The van der Waals surface area contributed by atoms with Crippen LogP contribution in [0.5, 0.6) is 5.88 Å². The van der Waals surface area contributed by atoms with Crippen molar-refractivity contribution in [1.82, 2.24) is 25.6 Å². The van der Waals surface area contributed by atoms with Crippen molar-refractivity contribution < 1.29 is 9.53 Å². The zero-order valence-electron chi connectivity index (χ0n) is 15.0. The van der Waals surface area contributed by atoms with Crippen LogP contribution in [0.15, 0.2) is 60.8 Å². The molecule has 4 aromatic rings. The Morgan fingerprint density at radius 2 is 1.64 bits per heavy atom. The van der Waals surface area contributed by atoms with Crippen LogP contribution < -0.4 is 10.5 Å². The molecule has 2 heterocycles. The summed E-state index contributed by atoms with van der Waals surface area (Å²) in [7, 11) is 1.45. The van der Waals surface area contributed by atoms with E-state index < -0.39 is 5.91 Å². The number of hydrogen-bond donors (Lipinski definition) is 2. The molecule has 0 aliphatic carbocycles. The highest BCUT2D eigenvalue weighted by molar-refractivity contribution is 6.02.